The molecule has 0 bridgehead atoms. The summed E-state index contributed by atoms with van der Waals surface area (Å²) in [6.07, 6.45) is 2.11. The molecule has 1 aromatic heterocycles. The van der Waals surface area contributed by atoms with Crippen LogP contribution < -0.4 is 11.1 Å². The van der Waals surface area contributed by atoms with Gasteiger partial charge in [0.1, 0.15) is 0 Å². The summed E-state index contributed by atoms with van der Waals surface area (Å²) in [6.45, 7) is 6.48. The molecule has 5 rings (SSSR count). The van der Waals surface area contributed by atoms with Crippen molar-refractivity contribution >= 4 is 28.2 Å². The molecule has 0 radical (unpaired) electrons. The van der Waals surface area contributed by atoms with Crippen molar-refractivity contribution in [2.45, 2.75) is 6.54 Å². The topological polar surface area (TPSA) is 66.5 Å². The van der Waals surface area contributed by atoms with Crippen molar-refractivity contribution in [3.63, 3.8) is 0 Å². The second kappa shape index (κ2) is 9.71. The molecule has 2 heterocycles. The van der Waals surface area contributed by atoms with E-state index >= 15 is 0 Å². The molecule has 34 heavy (non-hydrogen) atoms. The predicted molar refractivity (Wildman–Crippen MR) is 140 cm³/mol. The van der Waals surface area contributed by atoms with Crippen LogP contribution in [0.1, 0.15) is 10.4 Å². The average molecular weight is 454 g/mol. The third-order valence-corrected chi connectivity index (χ3v) is 6.69. The van der Waals surface area contributed by atoms with E-state index in [1.165, 1.54) is 0 Å². The van der Waals surface area contributed by atoms with Gasteiger partial charge in [-0.2, -0.15) is 0 Å². The minimum Gasteiger partial charge on any atom is -0.397 e. The highest BCUT2D eigenvalue weighted by Gasteiger charge is 2.15. The molecule has 1 aliphatic heterocycles. The normalized spacial score (nSPS) is 15.0. The highest BCUT2D eigenvalue weighted by Crippen LogP contribution is 2.28. The van der Waals surface area contributed by atoms with Gasteiger partial charge in [0.2, 0.25) is 0 Å². The molecule has 1 aliphatic rings. The third kappa shape index (κ3) is 4.83. The molecule has 0 atom stereocenters. The number of rotatable bonds is 6. The minimum atomic E-state index is -0.163. The summed E-state index contributed by atoms with van der Waals surface area (Å²) in [7, 11) is 2.18. The molecule has 0 saturated carbocycles. The van der Waals surface area contributed by atoms with Crippen molar-refractivity contribution in [1.29, 1.82) is 0 Å². The Morgan fingerprint density at radius 2 is 1.68 bits per heavy atom. The zero-order chi connectivity index (χ0) is 23.5. The Kier molecular flexibility index (Phi) is 6.34. The number of nitrogen functional groups attached to an aromatic ring is 1. The summed E-state index contributed by atoms with van der Waals surface area (Å²) in [5.41, 5.74) is 11.2. The van der Waals surface area contributed by atoms with Crippen LogP contribution in [0.2, 0.25) is 0 Å². The van der Waals surface area contributed by atoms with Gasteiger partial charge in [0.25, 0.3) is 5.91 Å². The van der Waals surface area contributed by atoms with Crippen LogP contribution in [0, 0.1) is 0 Å². The monoisotopic (exact) mass is 453 g/mol. The Hall–Kier alpha value is -3.61. The minimum absolute atomic E-state index is 0.163. The number of likely N-dealkylation sites (N-methyl/N-ethyl adjacent to an activating group) is 1. The number of nitrogens with one attached hydrogen (secondary N) is 1. The van der Waals surface area contributed by atoms with Crippen LogP contribution in [0.3, 0.4) is 0 Å². The number of hydrogen-bond donors (Lipinski definition) is 2. The number of fused-ring (bicyclic) bond motifs is 1. The number of nitrogens with zero attached hydrogens (tertiary/aromatic N) is 3. The third-order valence-electron chi connectivity index (χ3n) is 6.69. The first-order chi connectivity index (χ1) is 16.6. The number of nitrogens with two attached hydrogens (primary N) is 1. The Morgan fingerprint density at radius 3 is 2.47 bits per heavy atom. The van der Waals surface area contributed by atoms with Gasteiger partial charge in [0.15, 0.2) is 0 Å². The van der Waals surface area contributed by atoms with Gasteiger partial charge in [0, 0.05) is 61.9 Å². The van der Waals surface area contributed by atoms with E-state index < -0.39 is 0 Å². The van der Waals surface area contributed by atoms with Gasteiger partial charge in [-0.25, -0.2) is 0 Å². The highest BCUT2D eigenvalue weighted by atomic mass is 16.1. The number of benzene rings is 3. The quantitative estimate of drug-likeness (QED) is 0.425. The average Bonchev–Trinajstić information content (AvgIpc) is 3.28. The van der Waals surface area contributed by atoms with Crippen LogP contribution in [0.5, 0.6) is 0 Å². The van der Waals surface area contributed by atoms with Gasteiger partial charge in [0.05, 0.1) is 11.4 Å². The fourth-order valence-electron chi connectivity index (χ4n) is 4.53. The molecule has 6 heteroatoms. The van der Waals surface area contributed by atoms with Crippen LogP contribution in [0.25, 0.3) is 22.0 Å². The number of aromatic nitrogens is 1. The lowest BCUT2D eigenvalue weighted by Gasteiger charge is -2.32. The fourth-order valence-corrected chi connectivity index (χ4v) is 4.53. The van der Waals surface area contributed by atoms with Gasteiger partial charge in [-0.3, -0.25) is 9.69 Å². The van der Waals surface area contributed by atoms with Gasteiger partial charge in [-0.05, 0) is 54.6 Å². The number of carbonyl (C=O) groups is 1. The molecule has 0 spiro atoms. The summed E-state index contributed by atoms with van der Waals surface area (Å²) in [5, 5.41) is 4.07. The maximum Gasteiger partial charge on any atom is 0.255 e. The Bertz CT molecular complexity index is 1290. The van der Waals surface area contributed by atoms with Crippen LogP contribution in [-0.2, 0) is 6.54 Å². The van der Waals surface area contributed by atoms with Gasteiger partial charge >= 0.3 is 0 Å². The number of hydrogen-bond acceptors (Lipinski definition) is 4. The van der Waals surface area contributed by atoms with E-state index in [1.807, 2.05) is 66.7 Å². The maximum atomic E-state index is 13.0. The van der Waals surface area contributed by atoms with Crippen molar-refractivity contribution < 1.29 is 4.79 Å². The van der Waals surface area contributed by atoms with E-state index in [1.54, 1.807) is 0 Å². The zero-order valence-electron chi connectivity index (χ0n) is 19.6. The first-order valence-corrected chi connectivity index (χ1v) is 11.8. The molecule has 1 fully saturated rings. The summed E-state index contributed by atoms with van der Waals surface area (Å²) < 4.78 is 2.27. The summed E-state index contributed by atoms with van der Waals surface area (Å²) in [5.74, 6) is -0.163. The zero-order valence-corrected chi connectivity index (χ0v) is 19.6. The molecule has 4 aromatic rings. The molecule has 1 amide bonds. The molecular formula is C28H31N5O. The Labute approximate surface area is 200 Å². The number of piperazine rings is 1. The summed E-state index contributed by atoms with van der Waals surface area (Å²) in [6, 6.07) is 23.8. The van der Waals surface area contributed by atoms with Crippen molar-refractivity contribution in [3.8, 4) is 11.1 Å². The molecule has 0 unspecified atom stereocenters. The summed E-state index contributed by atoms with van der Waals surface area (Å²) >= 11 is 0. The van der Waals surface area contributed by atoms with E-state index in [9.17, 15) is 4.79 Å². The van der Waals surface area contributed by atoms with Crippen molar-refractivity contribution in [2.75, 3.05) is 50.8 Å². The fraction of sp³-hybridized carbons (Fsp3) is 0.250. The van der Waals surface area contributed by atoms with Crippen molar-refractivity contribution in [2.24, 2.45) is 0 Å². The molecule has 3 aromatic carbocycles. The maximum absolute atomic E-state index is 13.0. The molecule has 1 saturated heterocycles. The molecule has 174 valence electrons. The number of anilines is 2. The van der Waals surface area contributed by atoms with Crippen LogP contribution in [-0.4, -0.2) is 60.0 Å². The molecule has 0 aliphatic carbocycles. The molecule has 6 nitrogen and oxygen atoms in total. The first kappa shape index (κ1) is 22.2. The SMILES string of the molecule is CN1CCN(CCn2ccc3cc(C(=O)Nc4cc(-c5ccccc5)ccc4N)ccc32)CC1. The second-order valence-electron chi connectivity index (χ2n) is 9.05. The largest absolute Gasteiger partial charge is 0.397 e. The van der Waals surface area contributed by atoms with E-state index in [0.29, 0.717) is 16.9 Å². The van der Waals surface area contributed by atoms with Gasteiger partial charge in [-0.1, -0.05) is 36.4 Å². The number of carbonyl (C=O) groups excluding carboxylic acids is 1. The van der Waals surface area contributed by atoms with Crippen molar-refractivity contribution in [3.05, 3.63) is 84.6 Å². The Balaban J connectivity index is 1.29. The van der Waals surface area contributed by atoms with Crippen LogP contribution >= 0.6 is 0 Å². The lowest BCUT2D eigenvalue weighted by Crippen LogP contribution is -2.45. The smallest absolute Gasteiger partial charge is 0.255 e. The van der Waals surface area contributed by atoms with Crippen LogP contribution in [0.4, 0.5) is 11.4 Å². The highest BCUT2D eigenvalue weighted by molar-refractivity contribution is 6.07. The summed E-state index contributed by atoms with van der Waals surface area (Å²) in [4.78, 5) is 17.9. The standard InChI is InChI=1S/C28H31N5O/c1-31-13-15-32(16-14-31)17-18-33-12-11-23-19-24(8-10-27(23)33)28(34)30-26-20-22(7-9-25(26)29)21-5-3-2-4-6-21/h2-12,19-20H,13-18,29H2,1H3,(H,30,34). The molecular weight excluding hydrogens is 422 g/mol. The first-order valence-electron chi connectivity index (χ1n) is 11.8. The van der Waals surface area contributed by atoms with E-state index in [-0.39, 0.29) is 5.91 Å². The molecule has 3 N–H and O–H groups in total. The Morgan fingerprint density at radius 1 is 0.882 bits per heavy atom. The van der Waals surface area contributed by atoms with E-state index in [0.717, 1.165) is 61.3 Å². The van der Waals surface area contributed by atoms with Gasteiger partial charge < -0.3 is 20.5 Å². The van der Waals surface area contributed by atoms with Crippen LogP contribution in [0.15, 0.2) is 79.0 Å². The lowest BCUT2D eigenvalue weighted by atomic mass is 10.0. The van der Waals surface area contributed by atoms with Gasteiger partial charge in [-0.15, -0.1) is 0 Å². The second-order valence-corrected chi connectivity index (χ2v) is 9.05. The van der Waals surface area contributed by atoms with E-state index in [4.69, 9.17) is 5.73 Å². The van der Waals surface area contributed by atoms with Crippen molar-refractivity contribution in [1.82, 2.24) is 14.4 Å². The lowest BCUT2D eigenvalue weighted by molar-refractivity contribution is 0.102. The van der Waals surface area contributed by atoms with E-state index in [2.05, 4.69) is 39.0 Å². The predicted octanol–water partition coefficient (Wildman–Crippen LogP) is 4.39. The number of amides is 1.